The fraction of sp³-hybridized carbons (Fsp3) is 0.875. The summed E-state index contributed by atoms with van der Waals surface area (Å²) < 4.78 is 0. The lowest BCUT2D eigenvalue weighted by Gasteiger charge is -2.38. The maximum atomic E-state index is 12.5. The number of unbranched alkanes of at least 4 members (excludes halogenated alkanes) is 1. The van der Waals surface area contributed by atoms with Gasteiger partial charge in [-0.05, 0) is 19.3 Å². The summed E-state index contributed by atoms with van der Waals surface area (Å²) in [6.45, 7) is 9.55. The summed E-state index contributed by atoms with van der Waals surface area (Å²) in [5.74, 6) is 0.519. The van der Waals surface area contributed by atoms with Gasteiger partial charge in [-0.25, -0.2) is 0 Å². The van der Waals surface area contributed by atoms with Crippen LogP contribution in [0.4, 0.5) is 0 Å². The van der Waals surface area contributed by atoms with Crippen molar-refractivity contribution in [1.29, 1.82) is 5.26 Å². The van der Waals surface area contributed by atoms with Crippen LogP contribution in [0.5, 0.6) is 0 Å². The minimum atomic E-state index is 0.00863. The Morgan fingerprint density at radius 2 is 1.80 bits per heavy atom. The van der Waals surface area contributed by atoms with E-state index in [0.717, 1.165) is 58.3 Å². The number of carbonyl (C=O) groups excluding carboxylic acids is 1. The van der Waals surface area contributed by atoms with E-state index in [1.165, 1.54) is 0 Å². The molecule has 1 aliphatic heterocycles. The van der Waals surface area contributed by atoms with Crippen molar-refractivity contribution in [2.75, 3.05) is 26.2 Å². The van der Waals surface area contributed by atoms with E-state index in [-0.39, 0.29) is 12.0 Å². The van der Waals surface area contributed by atoms with Crippen LogP contribution >= 0.6 is 0 Å². The summed E-state index contributed by atoms with van der Waals surface area (Å²) in [7, 11) is 0. The van der Waals surface area contributed by atoms with Crippen LogP contribution in [0.3, 0.4) is 0 Å². The zero-order valence-electron chi connectivity index (χ0n) is 13.3. The summed E-state index contributed by atoms with van der Waals surface area (Å²) in [5.41, 5.74) is 0. The predicted molar refractivity (Wildman–Crippen MR) is 81.2 cm³/mol. The highest BCUT2D eigenvalue weighted by Gasteiger charge is 2.28. The van der Waals surface area contributed by atoms with E-state index in [2.05, 4.69) is 24.8 Å². The van der Waals surface area contributed by atoms with Gasteiger partial charge in [0, 0.05) is 32.1 Å². The van der Waals surface area contributed by atoms with Gasteiger partial charge >= 0.3 is 0 Å². The average Bonchev–Trinajstić information content (AvgIpc) is 2.49. The summed E-state index contributed by atoms with van der Waals surface area (Å²) in [5, 5.41) is 9.10. The molecule has 1 saturated heterocycles. The van der Waals surface area contributed by atoms with E-state index < -0.39 is 0 Å². The molecule has 0 aromatic heterocycles. The van der Waals surface area contributed by atoms with Gasteiger partial charge in [0.15, 0.2) is 0 Å². The quantitative estimate of drug-likeness (QED) is 0.720. The fourth-order valence-electron chi connectivity index (χ4n) is 2.90. The molecule has 1 fully saturated rings. The van der Waals surface area contributed by atoms with Crippen LogP contribution < -0.4 is 0 Å². The Balaban J connectivity index is 2.47. The second-order valence-electron chi connectivity index (χ2n) is 5.66. The Morgan fingerprint density at radius 3 is 2.25 bits per heavy atom. The first-order chi connectivity index (χ1) is 9.67. The molecular formula is C16H29N3O. The van der Waals surface area contributed by atoms with E-state index in [4.69, 9.17) is 5.26 Å². The molecule has 4 nitrogen and oxygen atoms in total. The predicted octanol–water partition coefficient (Wildman–Crippen LogP) is 2.65. The van der Waals surface area contributed by atoms with E-state index in [1.807, 2.05) is 11.8 Å². The van der Waals surface area contributed by atoms with Gasteiger partial charge in [0.25, 0.3) is 0 Å². The van der Waals surface area contributed by atoms with Crippen molar-refractivity contribution in [3.63, 3.8) is 0 Å². The second-order valence-corrected chi connectivity index (χ2v) is 5.66. The number of rotatable bonds is 7. The minimum Gasteiger partial charge on any atom is -0.340 e. The number of amides is 1. The van der Waals surface area contributed by atoms with Crippen LogP contribution in [-0.4, -0.2) is 47.9 Å². The van der Waals surface area contributed by atoms with Crippen molar-refractivity contribution in [3.8, 4) is 6.07 Å². The Hall–Kier alpha value is -1.08. The number of nitrogens with zero attached hydrogens (tertiary/aromatic N) is 3. The number of hydrogen-bond acceptors (Lipinski definition) is 3. The molecule has 20 heavy (non-hydrogen) atoms. The molecule has 4 heteroatoms. The molecule has 2 unspecified atom stereocenters. The Bertz CT molecular complexity index is 329. The maximum absolute atomic E-state index is 12.5. The first-order valence-corrected chi connectivity index (χ1v) is 8.10. The molecule has 114 valence electrons. The van der Waals surface area contributed by atoms with Gasteiger partial charge in [-0.2, -0.15) is 5.26 Å². The van der Waals surface area contributed by atoms with E-state index >= 15 is 0 Å². The van der Waals surface area contributed by atoms with Gasteiger partial charge in [0.2, 0.25) is 5.91 Å². The number of carbonyl (C=O) groups is 1. The largest absolute Gasteiger partial charge is 0.340 e. The molecule has 0 aromatic rings. The van der Waals surface area contributed by atoms with Crippen LogP contribution in [0, 0.1) is 17.2 Å². The van der Waals surface area contributed by atoms with Gasteiger partial charge in [-0.15, -0.1) is 0 Å². The first-order valence-electron chi connectivity index (χ1n) is 8.10. The lowest BCUT2D eigenvalue weighted by molar-refractivity contribution is -0.137. The van der Waals surface area contributed by atoms with Crippen molar-refractivity contribution >= 4 is 5.91 Å². The van der Waals surface area contributed by atoms with E-state index in [9.17, 15) is 4.79 Å². The lowest BCUT2D eigenvalue weighted by Crippen LogP contribution is -2.52. The zero-order valence-corrected chi connectivity index (χ0v) is 13.3. The standard InChI is InChI=1S/C16H29N3O/c1-4-7-8-14(5-2)16(20)19-11-9-18(10-12-19)15(6-3)13-17/h14-15H,4-12H2,1-3H3. The van der Waals surface area contributed by atoms with E-state index in [1.54, 1.807) is 0 Å². The Kier molecular flexibility index (Phi) is 7.61. The number of piperazine rings is 1. The zero-order chi connectivity index (χ0) is 15.0. The monoisotopic (exact) mass is 279 g/mol. The van der Waals surface area contributed by atoms with Crippen LogP contribution in [0.1, 0.15) is 52.9 Å². The van der Waals surface area contributed by atoms with Crippen molar-refractivity contribution in [2.24, 2.45) is 5.92 Å². The molecule has 1 aliphatic rings. The Labute approximate surface area is 123 Å². The molecule has 1 rings (SSSR count). The van der Waals surface area contributed by atoms with Crippen LogP contribution in [0.2, 0.25) is 0 Å². The number of nitriles is 1. The molecule has 0 bridgehead atoms. The topological polar surface area (TPSA) is 47.3 Å². The third kappa shape index (κ3) is 4.49. The first kappa shape index (κ1) is 17.0. The summed E-state index contributed by atoms with van der Waals surface area (Å²) in [4.78, 5) is 16.7. The molecule has 0 N–H and O–H groups in total. The van der Waals surface area contributed by atoms with Crippen molar-refractivity contribution in [2.45, 2.75) is 58.9 Å². The molecule has 0 aromatic carbocycles. The fourth-order valence-corrected chi connectivity index (χ4v) is 2.90. The lowest BCUT2D eigenvalue weighted by atomic mass is 9.97. The molecule has 2 atom stereocenters. The molecular weight excluding hydrogens is 250 g/mol. The smallest absolute Gasteiger partial charge is 0.225 e. The van der Waals surface area contributed by atoms with Crippen molar-refractivity contribution < 1.29 is 4.79 Å². The van der Waals surface area contributed by atoms with Crippen LogP contribution in [0.15, 0.2) is 0 Å². The summed E-state index contributed by atoms with van der Waals surface area (Å²) in [6, 6.07) is 2.36. The van der Waals surface area contributed by atoms with Crippen molar-refractivity contribution in [3.05, 3.63) is 0 Å². The normalized spacial score (nSPS) is 19.4. The van der Waals surface area contributed by atoms with E-state index in [0.29, 0.717) is 5.91 Å². The molecule has 1 heterocycles. The SMILES string of the molecule is CCCCC(CC)C(=O)N1CCN(C(C#N)CC)CC1. The molecule has 0 spiro atoms. The molecule has 0 saturated carbocycles. The molecule has 0 radical (unpaired) electrons. The average molecular weight is 279 g/mol. The van der Waals surface area contributed by atoms with Crippen LogP contribution in [0.25, 0.3) is 0 Å². The third-order valence-electron chi connectivity index (χ3n) is 4.35. The Morgan fingerprint density at radius 1 is 1.15 bits per heavy atom. The third-order valence-corrected chi connectivity index (χ3v) is 4.35. The second kappa shape index (κ2) is 8.97. The highest BCUT2D eigenvalue weighted by Crippen LogP contribution is 2.18. The van der Waals surface area contributed by atoms with Gasteiger partial charge in [0.05, 0.1) is 12.1 Å². The van der Waals surface area contributed by atoms with Gasteiger partial charge in [-0.3, -0.25) is 9.69 Å². The summed E-state index contributed by atoms with van der Waals surface area (Å²) >= 11 is 0. The maximum Gasteiger partial charge on any atom is 0.225 e. The van der Waals surface area contributed by atoms with Gasteiger partial charge in [-0.1, -0.05) is 33.6 Å². The van der Waals surface area contributed by atoms with Crippen molar-refractivity contribution in [1.82, 2.24) is 9.80 Å². The highest BCUT2D eigenvalue weighted by atomic mass is 16.2. The number of hydrogen-bond donors (Lipinski definition) is 0. The highest BCUT2D eigenvalue weighted by molar-refractivity contribution is 5.78. The molecule has 0 aliphatic carbocycles. The molecule has 1 amide bonds. The van der Waals surface area contributed by atoms with Gasteiger partial charge < -0.3 is 4.90 Å². The van der Waals surface area contributed by atoms with Crippen LogP contribution in [-0.2, 0) is 4.79 Å². The summed E-state index contributed by atoms with van der Waals surface area (Å²) in [6.07, 6.45) is 5.10. The minimum absolute atomic E-state index is 0.00863. The van der Waals surface area contributed by atoms with Gasteiger partial charge in [0.1, 0.15) is 0 Å².